The van der Waals surface area contributed by atoms with E-state index in [0.717, 1.165) is 41.7 Å². The molecule has 6 heteroatoms. The van der Waals surface area contributed by atoms with Crippen LogP contribution >= 0.6 is 0 Å². The van der Waals surface area contributed by atoms with E-state index in [4.69, 9.17) is 0 Å². The number of benzene rings is 1. The van der Waals surface area contributed by atoms with Crippen LogP contribution in [-0.4, -0.2) is 35.3 Å². The molecule has 1 aliphatic carbocycles. The first-order valence-electron chi connectivity index (χ1n) is 9.91. The van der Waals surface area contributed by atoms with Crippen LogP contribution in [0.4, 0.5) is 4.79 Å². The minimum Gasteiger partial charge on any atom is -0.352 e. The highest BCUT2D eigenvalue weighted by atomic mass is 16.2. The van der Waals surface area contributed by atoms with Gasteiger partial charge < -0.3 is 10.6 Å². The standard InChI is InChI=1S/C21H29N3O3/c1-15-10-12-16(13-11-15)21(2)19(26)24(20(27)23-21)14-18(25)22-17-8-6-4-3-5-7-9-17/h10-13,17H,3-9,14H2,1-2H3,(H,22,25)(H,23,27)/t21-/m0/s1. The summed E-state index contributed by atoms with van der Waals surface area (Å²) in [4.78, 5) is 38.8. The third kappa shape index (κ3) is 4.31. The highest BCUT2D eigenvalue weighted by Crippen LogP contribution is 2.29. The maximum Gasteiger partial charge on any atom is 0.325 e. The number of rotatable bonds is 4. The summed E-state index contributed by atoms with van der Waals surface area (Å²) in [6.07, 6.45) is 7.82. The van der Waals surface area contributed by atoms with E-state index in [2.05, 4.69) is 10.6 Å². The average molecular weight is 371 g/mol. The van der Waals surface area contributed by atoms with Crippen LogP contribution in [0.25, 0.3) is 0 Å². The zero-order valence-electron chi connectivity index (χ0n) is 16.2. The number of carbonyl (C=O) groups excluding carboxylic acids is 3. The molecule has 1 saturated carbocycles. The second-order valence-corrected chi connectivity index (χ2v) is 7.92. The van der Waals surface area contributed by atoms with Gasteiger partial charge in [0, 0.05) is 6.04 Å². The maximum absolute atomic E-state index is 12.9. The fourth-order valence-corrected chi connectivity index (χ4v) is 3.94. The van der Waals surface area contributed by atoms with E-state index in [9.17, 15) is 14.4 Å². The van der Waals surface area contributed by atoms with Gasteiger partial charge in [-0.3, -0.25) is 14.5 Å². The summed E-state index contributed by atoms with van der Waals surface area (Å²) >= 11 is 0. The van der Waals surface area contributed by atoms with Crippen LogP contribution < -0.4 is 10.6 Å². The molecule has 2 fully saturated rings. The van der Waals surface area contributed by atoms with Gasteiger partial charge in [0.05, 0.1) is 0 Å². The highest BCUT2D eigenvalue weighted by molar-refractivity contribution is 6.09. The number of hydrogen-bond acceptors (Lipinski definition) is 3. The quantitative estimate of drug-likeness (QED) is 0.799. The number of nitrogens with one attached hydrogen (secondary N) is 2. The van der Waals surface area contributed by atoms with E-state index in [0.29, 0.717) is 0 Å². The summed E-state index contributed by atoms with van der Waals surface area (Å²) in [6, 6.07) is 7.11. The van der Waals surface area contributed by atoms with Gasteiger partial charge in [0.1, 0.15) is 12.1 Å². The Hall–Kier alpha value is -2.37. The number of carbonyl (C=O) groups is 3. The molecule has 146 valence electrons. The van der Waals surface area contributed by atoms with E-state index in [1.54, 1.807) is 6.92 Å². The molecule has 0 radical (unpaired) electrons. The van der Waals surface area contributed by atoms with Crippen LogP contribution in [0.2, 0.25) is 0 Å². The van der Waals surface area contributed by atoms with Crippen molar-refractivity contribution in [2.75, 3.05) is 6.54 Å². The number of imide groups is 1. The van der Waals surface area contributed by atoms with Gasteiger partial charge in [-0.15, -0.1) is 0 Å². The number of nitrogens with zero attached hydrogens (tertiary/aromatic N) is 1. The SMILES string of the molecule is Cc1ccc([C@]2(C)NC(=O)N(CC(=O)NC3CCCCCCC3)C2=O)cc1. The summed E-state index contributed by atoms with van der Waals surface area (Å²) in [7, 11) is 0. The molecule has 0 unspecified atom stereocenters. The van der Waals surface area contributed by atoms with Crippen molar-refractivity contribution >= 4 is 17.8 Å². The first kappa shape index (κ1) is 19.4. The first-order valence-corrected chi connectivity index (χ1v) is 9.91. The van der Waals surface area contributed by atoms with Crippen molar-refractivity contribution in [1.29, 1.82) is 0 Å². The van der Waals surface area contributed by atoms with Gasteiger partial charge in [-0.25, -0.2) is 4.79 Å². The van der Waals surface area contributed by atoms with Crippen molar-refractivity contribution in [3.8, 4) is 0 Å². The van der Waals surface area contributed by atoms with Crippen LogP contribution in [0.5, 0.6) is 0 Å². The Morgan fingerprint density at radius 1 is 1.11 bits per heavy atom. The van der Waals surface area contributed by atoms with E-state index >= 15 is 0 Å². The Balaban J connectivity index is 1.64. The summed E-state index contributed by atoms with van der Waals surface area (Å²) in [5, 5.41) is 5.77. The van der Waals surface area contributed by atoms with Crippen LogP contribution in [0.1, 0.15) is 63.0 Å². The average Bonchev–Trinajstić information content (AvgIpc) is 2.82. The summed E-state index contributed by atoms with van der Waals surface area (Å²) in [6.45, 7) is 3.42. The summed E-state index contributed by atoms with van der Waals surface area (Å²) in [5.74, 6) is -0.651. The zero-order chi connectivity index (χ0) is 19.4. The molecule has 0 aromatic heterocycles. The lowest BCUT2D eigenvalue weighted by atomic mass is 9.91. The molecule has 1 aromatic carbocycles. The van der Waals surface area contributed by atoms with E-state index in [1.165, 1.54) is 19.3 Å². The van der Waals surface area contributed by atoms with Crippen molar-refractivity contribution in [1.82, 2.24) is 15.5 Å². The Kier molecular flexibility index (Phi) is 5.82. The molecule has 4 amide bonds. The van der Waals surface area contributed by atoms with Gasteiger partial charge in [-0.05, 0) is 32.3 Å². The molecule has 1 aliphatic heterocycles. The number of urea groups is 1. The van der Waals surface area contributed by atoms with Gasteiger partial charge in [0.15, 0.2) is 0 Å². The molecule has 1 saturated heterocycles. The smallest absolute Gasteiger partial charge is 0.325 e. The van der Waals surface area contributed by atoms with Gasteiger partial charge in [-0.1, -0.05) is 61.9 Å². The van der Waals surface area contributed by atoms with Gasteiger partial charge in [-0.2, -0.15) is 0 Å². The van der Waals surface area contributed by atoms with E-state index in [1.807, 2.05) is 31.2 Å². The number of aryl methyl sites for hydroxylation is 1. The monoisotopic (exact) mass is 371 g/mol. The minimum atomic E-state index is -1.13. The fraction of sp³-hybridized carbons (Fsp3) is 0.571. The molecule has 0 bridgehead atoms. The topological polar surface area (TPSA) is 78.5 Å². The Morgan fingerprint density at radius 3 is 2.33 bits per heavy atom. The second kappa shape index (κ2) is 8.11. The molecule has 0 spiro atoms. The predicted octanol–water partition coefficient (Wildman–Crippen LogP) is 2.99. The molecule has 1 aromatic rings. The predicted molar refractivity (Wildman–Crippen MR) is 103 cm³/mol. The molecule has 3 rings (SSSR count). The summed E-state index contributed by atoms with van der Waals surface area (Å²) < 4.78 is 0. The number of amides is 4. The van der Waals surface area contributed by atoms with Gasteiger partial charge >= 0.3 is 6.03 Å². The molecule has 2 N–H and O–H groups in total. The second-order valence-electron chi connectivity index (χ2n) is 7.92. The third-order valence-corrected chi connectivity index (χ3v) is 5.68. The summed E-state index contributed by atoms with van der Waals surface area (Å²) in [5.41, 5.74) is 0.662. The molecule has 2 aliphatic rings. The highest BCUT2D eigenvalue weighted by Gasteiger charge is 2.49. The third-order valence-electron chi connectivity index (χ3n) is 5.68. The van der Waals surface area contributed by atoms with Crippen LogP contribution in [0.3, 0.4) is 0 Å². The van der Waals surface area contributed by atoms with Crippen molar-refractivity contribution in [2.24, 2.45) is 0 Å². The maximum atomic E-state index is 12.9. The zero-order valence-corrected chi connectivity index (χ0v) is 16.2. The van der Waals surface area contributed by atoms with Crippen LogP contribution in [0, 0.1) is 6.92 Å². The minimum absolute atomic E-state index is 0.141. The van der Waals surface area contributed by atoms with Crippen molar-refractivity contribution in [3.05, 3.63) is 35.4 Å². The molecular formula is C21H29N3O3. The van der Waals surface area contributed by atoms with E-state index in [-0.39, 0.29) is 24.4 Å². The fourth-order valence-electron chi connectivity index (χ4n) is 3.94. The van der Waals surface area contributed by atoms with Crippen LogP contribution in [0.15, 0.2) is 24.3 Å². The normalized spacial score (nSPS) is 24.3. The molecule has 1 atom stereocenters. The van der Waals surface area contributed by atoms with Crippen LogP contribution in [-0.2, 0) is 15.1 Å². The molecule has 6 nitrogen and oxygen atoms in total. The number of hydrogen-bond donors (Lipinski definition) is 2. The Bertz CT molecular complexity index is 708. The van der Waals surface area contributed by atoms with E-state index < -0.39 is 11.6 Å². The Morgan fingerprint density at radius 2 is 1.70 bits per heavy atom. The van der Waals surface area contributed by atoms with Gasteiger partial charge in [0.2, 0.25) is 5.91 Å². The lowest BCUT2D eigenvalue weighted by molar-refractivity contribution is -0.135. The largest absolute Gasteiger partial charge is 0.352 e. The van der Waals surface area contributed by atoms with Crippen molar-refractivity contribution in [2.45, 2.75) is 70.4 Å². The van der Waals surface area contributed by atoms with Crippen molar-refractivity contribution < 1.29 is 14.4 Å². The lowest BCUT2D eigenvalue weighted by Crippen LogP contribution is -2.45. The first-order chi connectivity index (χ1) is 12.9. The van der Waals surface area contributed by atoms with Crippen molar-refractivity contribution in [3.63, 3.8) is 0 Å². The Labute approximate surface area is 160 Å². The van der Waals surface area contributed by atoms with Gasteiger partial charge in [0.25, 0.3) is 5.91 Å². The molecule has 27 heavy (non-hydrogen) atoms. The lowest BCUT2D eigenvalue weighted by Gasteiger charge is -2.23. The molecule has 1 heterocycles. The molecular weight excluding hydrogens is 342 g/mol.